The lowest BCUT2D eigenvalue weighted by molar-refractivity contribution is 0.394. The zero-order valence-corrected chi connectivity index (χ0v) is 18.1. The predicted molar refractivity (Wildman–Crippen MR) is 122 cm³/mol. The summed E-state index contributed by atoms with van der Waals surface area (Å²) < 4.78 is 36.2. The molecule has 0 radical (unpaired) electrons. The third kappa shape index (κ3) is 3.87. The summed E-state index contributed by atoms with van der Waals surface area (Å²) in [5.41, 5.74) is 2.71. The fourth-order valence-corrected chi connectivity index (χ4v) is 3.84. The first-order chi connectivity index (χ1) is 15.9. The lowest BCUT2D eigenvalue weighted by atomic mass is 9.97. The summed E-state index contributed by atoms with van der Waals surface area (Å²) in [4.78, 5) is 8.52. The molecule has 0 bridgehead atoms. The summed E-state index contributed by atoms with van der Waals surface area (Å²) in [6.45, 7) is 1.74. The monoisotopic (exact) mass is 466 g/mol. The molecule has 166 valence electrons. The Morgan fingerprint density at radius 2 is 1.88 bits per heavy atom. The Balaban J connectivity index is 1.46. The first kappa shape index (κ1) is 20.9. The van der Waals surface area contributed by atoms with E-state index in [1.165, 1.54) is 16.8 Å². The van der Waals surface area contributed by atoms with E-state index < -0.39 is 11.6 Å². The normalized spacial score (nSPS) is 11.3. The van der Waals surface area contributed by atoms with Gasteiger partial charge in [0.25, 0.3) is 0 Å². The van der Waals surface area contributed by atoms with E-state index in [2.05, 4.69) is 20.4 Å². The van der Waals surface area contributed by atoms with Crippen molar-refractivity contribution in [1.82, 2.24) is 19.8 Å². The van der Waals surface area contributed by atoms with Crippen molar-refractivity contribution in [1.29, 1.82) is 0 Å². The van der Waals surface area contributed by atoms with Crippen LogP contribution >= 0.6 is 11.6 Å². The minimum absolute atomic E-state index is 0.0599. The van der Waals surface area contributed by atoms with Crippen LogP contribution in [-0.2, 0) is 6.54 Å². The number of benzene rings is 3. The molecule has 0 amide bonds. The number of aromatic nitrogens is 4. The lowest BCUT2D eigenvalue weighted by Gasteiger charge is -2.12. The SMILES string of the molecule is Cc1nc(-c2c(F)cc(Cl)cc2-c2ccc(CNc3nc4ccccc4n3N)c(F)c2)no1. The Bertz CT molecular complexity index is 1500. The maximum atomic E-state index is 15.0. The number of hydrogen-bond acceptors (Lipinski definition) is 6. The van der Waals surface area contributed by atoms with Crippen LogP contribution in [0.5, 0.6) is 0 Å². The summed E-state index contributed by atoms with van der Waals surface area (Å²) in [5.74, 6) is 5.70. The molecule has 0 saturated carbocycles. The average Bonchev–Trinajstić information content (AvgIpc) is 3.35. The second-order valence-corrected chi connectivity index (χ2v) is 7.84. The summed E-state index contributed by atoms with van der Waals surface area (Å²) in [5, 5.41) is 7.01. The number of nitrogens with one attached hydrogen (secondary N) is 1. The van der Waals surface area contributed by atoms with E-state index in [0.29, 0.717) is 22.6 Å². The van der Waals surface area contributed by atoms with E-state index in [1.807, 2.05) is 24.3 Å². The number of aryl methyl sites for hydroxylation is 1. The van der Waals surface area contributed by atoms with Gasteiger partial charge in [0.1, 0.15) is 11.6 Å². The second-order valence-electron chi connectivity index (χ2n) is 7.40. The molecule has 5 rings (SSSR count). The van der Waals surface area contributed by atoms with Gasteiger partial charge < -0.3 is 15.7 Å². The van der Waals surface area contributed by atoms with E-state index in [0.717, 1.165) is 17.1 Å². The Labute approximate surface area is 191 Å². The summed E-state index contributed by atoms with van der Waals surface area (Å²) in [7, 11) is 0. The molecule has 0 unspecified atom stereocenters. The molecular formula is C23H17ClF2N6O. The van der Waals surface area contributed by atoms with Crippen LogP contribution in [-0.4, -0.2) is 19.8 Å². The molecule has 0 aliphatic rings. The van der Waals surface area contributed by atoms with Crippen LogP contribution in [0, 0.1) is 18.6 Å². The highest BCUT2D eigenvalue weighted by atomic mass is 35.5. The molecule has 3 N–H and O–H groups in total. The molecule has 0 fully saturated rings. The van der Waals surface area contributed by atoms with Crippen LogP contribution in [0.25, 0.3) is 33.5 Å². The minimum Gasteiger partial charge on any atom is -0.350 e. The molecule has 0 aliphatic heterocycles. The fourth-order valence-electron chi connectivity index (χ4n) is 3.63. The average molecular weight is 467 g/mol. The van der Waals surface area contributed by atoms with Crippen molar-refractivity contribution in [3.05, 3.63) is 82.7 Å². The number of hydrogen-bond donors (Lipinski definition) is 2. The van der Waals surface area contributed by atoms with Gasteiger partial charge in [-0.3, -0.25) is 0 Å². The van der Waals surface area contributed by atoms with Crippen LogP contribution < -0.4 is 11.2 Å². The highest BCUT2D eigenvalue weighted by molar-refractivity contribution is 6.31. The molecular weight excluding hydrogens is 450 g/mol. The molecule has 2 aromatic heterocycles. The van der Waals surface area contributed by atoms with Gasteiger partial charge in [-0.25, -0.2) is 18.4 Å². The molecule has 0 atom stereocenters. The van der Waals surface area contributed by atoms with Gasteiger partial charge in [-0.15, -0.1) is 0 Å². The Hall–Kier alpha value is -3.98. The van der Waals surface area contributed by atoms with Gasteiger partial charge in [0, 0.05) is 24.1 Å². The van der Waals surface area contributed by atoms with Crippen LogP contribution in [0.3, 0.4) is 0 Å². The number of halogens is 3. The Kier molecular flexibility index (Phi) is 5.18. The van der Waals surface area contributed by atoms with Gasteiger partial charge in [0.05, 0.1) is 16.6 Å². The fraction of sp³-hybridized carbons (Fsp3) is 0.0870. The van der Waals surface area contributed by atoms with E-state index >= 15 is 4.39 Å². The summed E-state index contributed by atoms with van der Waals surface area (Å²) >= 11 is 6.07. The zero-order chi connectivity index (χ0) is 23.1. The van der Waals surface area contributed by atoms with Crippen molar-refractivity contribution in [2.45, 2.75) is 13.5 Å². The predicted octanol–water partition coefficient (Wildman–Crippen LogP) is 5.32. The van der Waals surface area contributed by atoms with Crippen molar-refractivity contribution in [2.75, 3.05) is 11.2 Å². The molecule has 7 nitrogen and oxygen atoms in total. The highest BCUT2D eigenvalue weighted by Gasteiger charge is 2.20. The standard InChI is InChI=1S/C23H17ClF2N6O/c1-12-29-22(31-33-12)21-16(9-15(24)10-18(21)26)13-6-7-14(17(25)8-13)11-28-23-30-19-4-2-3-5-20(19)32(23)27/h2-10H,11,27H2,1H3,(H,28,30). The number of para-hydroxylation sites is 2. The molecule has 2 heterocycles. The van der Waals surface area contributed by atoms with Gasteiger partial charge >= 0.3 is 0 Å². The number of rotatable bonds is 5. The smallest absolute Gasteiger partial charge is 0.223 e. The van der Waals surface area contributed by atoms with Gasteiger partial charge in [-0.2, -0.15) is 4.98 Å². The molecule has 0 spiro atoms. The molecule has 33 heavy (non-hydrogen) atoms. The molecule has 10 heteroatoms. The molecule has 3 aromatic carbocycles. The Morgan fingerprint density at radius 3 is 2.61 bits per heavy atom. The van der Waals surface area contributed by atoms with Gasteiger partial charge in [0.2, 0.25) is 17.7 Å². The minimum atomic E-state index is -0.633. The van der Waals surface area contributed by atoms with Crippen molar-refractivity contribution in [3.8, 4) is 22.5 Å². The zero-order valence-electron chi connectivity index (χ0n) is 17.3. The van der Waals surface area contributed by atoms with E-state index in [-0.39, 0.29) is 28.8 Å². The third-order valence-electron chi connectivity index (χ3n) is 5.20. The topological polar surface area (TPSA) is 94.8 Å². The number of fused-ring (bicyclic) bond motifs is 1. The first-order valence-corrected chi connectivity index (χ1v) is 10.3. The van der Waals surface area contributed by atoms with E-state index in [1.54, 1.807) is 19.1 Å². The maximum Gasteiger partial charge on any atom is 0.223 e. The number of nitrogen functional groups attached to an aromatic ring is 1. The van der Waals surface area contributed by atoms with Crippen LogP contribution in [0.1, 0.15) is 11.5 Å². The number of nitrogens with zero attached hydrogens (tertiary/aromatic N) is 4. The molecule has 0 saturated heterocycles. The summed E-state index contributed by atoms with van der Waals surface area (Å²) in [6, 6.07) is 14.7. The molecule has 5 aromatic rings. The lowest BCUT2D eigenvalue weighted by Crippen LogP contribution is -2.14. The van der Waals surface area contributed by atoms with Crippen molar-refractivity contribution >= 4 is 28.6 Å². The number of imidazole rings is 1. The van der Waals surface area contributed by atoms with Crippen molar-refractivity contribution < 1.29 is 13.3 Å². The third-order valence-corrected chi connectivity index (χ3v) is 5.42. The maximum absolute atomic E-state index is 15.0. The van der Waals surface area contributed by atoms with Gasteiger partial charge in [-0.1, -0.05) is 41.0 Å². The highest BCUT2D eigenvalue weighted by Crippen LogP contribution is 2.36. The van der Waals surface area contributed by atoms with Crippen molar-refractivity contribution in [3.63, 3.8) is 0 Å². The number of nitrogens with two attached hydrogens (primary N) is 1. The van der Waals surface area contributed by atoms with Gasteiger partial charge in [0.15, 0.2) is 0 Å². The van der Waals surface area contributed by atoms with Gasteiger partial charge in [-0.05, 0) is 41.5 Å². The quantitative estimate of drug-likeness (QED) is 0.340. The van der Waals surface area contributed by atoms with E-state index in [9.17, 15) is 4.39 Å². The first-order valence-electron chi connectivity index (χ1n) is 9.95. The van der Waals surface area contributed by atoms with Crippen LogP contribution in [0.4, 0.5) is 14.7 Å². The summed E-state index contributed by atoms with van der Waals surface area (Å²) in [6.07, 6.45) is 0. The largest absolute Gasteiger partial charge is 0.350 e. The second kappa shape index (κ2) is 8.18. The van der Waals surface area contributed by atoms with Crippen molar-refractivity contribution in [2.24, 2.45) is 0 Å². The molecule has 0 aliphatic carbocycles. The van der Waals surface area contributed by atoms with Crippen LogP contribution in [0.2, 0.25) is 5.02 Å². The van der Waals surface area contributed by atoms with E-state index in [4.69, 9.17) is 22.0 Å². The Morgan fingerprint density at radius 1 is 1.06 bits per heavy atom. The van der Waals surface area contributed by atoms with Crippen LogP contribution in [0.15, 0.2) is 59.1 Å². The number of anilines is 1.